The molecule has 2 aromatic rings. The molecule has 0 amide bonds. The first-order valence-electron chi connectivity index (χ1n) is 11.4. The van der Waals surface area contributed by atoms with Crippen molar-refractivity contribution in [2.45, 2.75) is 95.8 Å². The molecule has 0 spiro atoms. The van der Waals surface area contributed by atoms with Crippen molar-refractivity contribution >= 4 is 11.8 Å². The number of benzene rings is 1. The van der Waals surface area contributed by atoms with Crippen LogP contribution < -0.4 is 0 Å². The van der Waals surface area contributed by atoms with Gasteiger partial charge in [0.2, 0.25) is 0 Å². The number of hydrogen-bond acceptors (Lipinski definition) is 3. The van der Waals surface area contributed by atoms with Crippen molar-refractivity contribution in [1.82, 2.24) is 9.97 Å². The zero-order valence-corrected chi connectivity index (χ0v) is 18.8. The van der Waals surface area contributed by atoms with Crippen LogP contribution in [0.4, 0.5) is 0 Å². The van der Waals surface area contributed by atoms with Gasteiger partial charge in [-0.25, -0.2) is 9.97 Å². The van der Waals surface area contributed by atoms with Crippen LogP contribution in [-0.2, 0) is 6.42 Å². The van der Waals surface area contributed by atoms with Gasteiger partial charge in [-0.05, 0) is 42.7 Å². The minimum Gasteiger partial charge on any atom is -0.236 e. The van der Waals surface area contributed by atoms with Gasteiger partial charge in [-0.1, -0.05) is 83.8 Å². The molecule has 3 heteroatoms. The molecule has 0 saturated heterocycles. The van der Waals surface area contributed by atoms with Gasteiger partial charge >= 0.3 is 0 Å². The average Bonchev–Trinajstić information content (AvgIpc) is 2.74. The Bertz CT molecular complexity index is 622. The SMILES string of the molecule is CCCCCCCCSc1ccc(-c2ncc(CCCCCCC)cn2)cc1. The first-order valence-corrected chi connectivity index (χ1v) is 12.4. The largest absolute Gasteiger partial charge is 0.236 e. The Morgan fingerprint density at radius 1 is 0.679 bits per heavy atom. The van der Waals surface area contributed by atoms with Gasteiger partial charge in [0.15, 0.2) is 5.82 Å². The van der Waals surface area contributed by atoms with Crippen LogP contribution in [0.5, 0.6) is 0 Å². The summed E-state index contributed by atoms with van der Waals surface area (Å²) in [7, 11) is 0. The fourth-order valence-corrected chi connectivity index (χ4v) is 4.25. The highest BCUT2D eigenvalue weighted by molar-refractivity contribution is 7.99. The Morgan fingerprint density at radius 3 is 1.89 bits per heavy atom. The molecule has 1 aromatic heterocycles. The average molecular weight is 399 g/mol. The lowest BCUT2D eigenvalue weighted by molar-refractivity contribution is 0.627. The normalized spacial score (nSPS) is 11.1. The van der Waals surface area contributed by atoms with E-state index in [4.69, 9.17) is 0 Å². The van der Waals surface area contributed by atoms with Crippen LogP contribution in [0.1, 0.15) is 90.0 Å². The van der Waals surface area contributed by atoms with Crippen LogP contribution in [0, 0.1) is 0 Å². The molecule has 0 N–H and O–H groups in total. The molecule has 1 aromatic carbocycles. The summed E-state index contributed by atoms with van der Waals surface area (Å²) >= 11 is 1.96. The summed E-state index contributed by atoms with van der Waals surface area (Å²) in [6.45, 7) is 4.53. The van der Waals surface area contributed by atoms with Gasteiger partial charge in [-0.3, -0.25) is 0 Å². The monoisotopic (exact) mass is 398 g/mol. The van der Waals surface area contributed by atoms with E-state index in [1.54, 1.807) is 0 Å². The van der Waals surface area contributed by atoms with Gasteiger partial charge in [0.1, 0.15) is 0 Å². The molecule has 1 heterocycles. The summed E-state index contributed by atoms with van der Waals surface area (Å²) in [5.74, 6) is 2.05. The second kappa shape index (κ2) is 14.6. The highest BCUT2D eigenvalue weighted by Crippen LogP contribution is 2.23. The fraction of sp³-hybridized carbons (Fsp3) is 0.600. The van der Waals surface area contributed by atoms with Crippen LogP contribution in [0.2, 0.25) is 0 Å². The predicted molar refractivity (Wildman–Crippen MR) is 124 cm³/mol. The lowest BCUT2D eigenvalue weighted by atomic mass is 10.1. The van der Waals surface area contributed by atoms with Crippen LogP contribution in [0.15, 0.2) is 41.6 Å². The smallest absolute Gasteiger partial charge is 0.159 e. The molecule has 28 heavy (non-hydrogen) atoms. The van der Waals surface area contributed by atoms with Crippen molar-refractivity contribution in [3.8, 4) is 11.4 Å². The molecule has 0 atom stereocenters. The molecule has 154 valence electrons. The number of aryl methyl sites for hydroxylation is 1. The third-order valence-corrected chi connectivity index (χ3v) is 6.25. The van der Waals surface area contributed by atoms with E-state index < -0.39 is 0 Å². The Morgan fingerprint density at radius 2 is 1.25 bits per heavy atom. The van der Waals surface area contributed by atoms with E-state index in [-0.39, 0.29) is 0 Å². The summed E-state index contributed by atoms with van der Waals surface area (Å²) in [6.07, 6.45) is 19.8. The second-order valence-electron chi connectivity index (χ2n) is 7.72. The van der Waals surface area contributed by atoms with Crippen LogP contribution in [0.3, 0.4) is 0 Å². The van der Waals surface area contributed by atoms with E-state index in [9.17, 15) is 0 Å². The van der Waals surface area contributed by atoms with Crippen molar-refractivity contribution in [1.29, 1.82) is 0 Å². The van der Waals surface area contributed by atoms with E-state index in [1.807, 2.05) is 24.2 Å². The molecular formula is C25H38N2S. The van der Waals surface area contributed by atoms with Crippen LogP contribution in [-0.4, -0.2) is 15.7 Å². The molecular weight excluding hydrogens is 360 g/mol. The first-order chi connectivity index (χ1) is 13.8. The minimum atomic E-state index is 0.835. The maximum Gasteiger partial charge on any atom is 0.159 e. The van der Waals surface area contributed by atoms with Crippen LogP contribution in [0.25, 0.3) is 11.4 Å². The van der Waals surface area contributed by atoms with Crippen LogP contribution >= 0.6 is 11.8 Å². The maximum atomic E-state index is 4.59. The zero-order valence-electron chi connectivity index (χ0n) is 18.0. The molecule has 0 radical (unpaired) electrons. The molecule has 2 rings (SSSR count). The van der Waals surface area contributed by atoms with E-state index in [0.29, 0.717) is 0 Å². The quantitative estimate of drug-likeness (QED) is 0.224. The Balaban J connectivity index is 1.70. The number of unbranched alkanes of at least 4 members (excludes halogenated alkanes) is 9. The molecule has 2 nitrogen and oxygen atoms in total. The zero-order chi connectivity index (χ0) is 19.9. The predicted octanol–water partition coefficient (Wildman–Crippen LogP) is 8.11. The third-order valence-electron chi connectivity index (χ3n) is 5.15. The standard InChI is InChI=1S/C25H38N2S/c1-3-5-7-9-11-13-19-28-24-17-15-23(16-18-24)25-26-20-22(21-27-25)14-12-10-8-6-4-2/h15-18,20-21H,3-14,19H2,1-2H3. The summed E-state index contributed by atoms with van der Waals surface area (Å²) in [5, 5.41) is 0. The van der Waals surface area contributed by atoms with Crippen molar-refractivity contribution in [3.63, 3.8) is 0 Å². The third kappa shape index (κ3) is 9.23. The van der Waals surface area contributed by atoms with Crippen molar-refractivity contribution in [3.05, 3.63) is 42.2 Å². The second-order valence-corrected chi connectivity index (χ2v) is 8.89. The summed E-state index contributed by atoms with van der Waals surface area (Å²) in [5.41, 5.74) is 2.37. The highest BCUT2D eigenvalue weighted by Gasteiger charge is 2.03. The summed E-state index contributed by atoms with van der Waals surface area (Å²) in [4.78, 5) is 10.5. The lowest BCUT2D eigenvalue weighted by Crippen LogP contribution is -1.93. The molecule has 0 fully saturated rings. The highest BCUT2D eigenvalue weighted by atomic mass is 32.2. The topological polar surface area (TPSA) is 25.8 Å². The molecule has 0 aliphatic carbocycles. The van der Waals surface area contributed by atoms with Gasteiger partial charge in [-0.2, -0.15) is 0 Å². The van der Waals surface area contributed by atoms with Crippen molar-refractivity contribution in [2.24, 2.45) is 0 Å². The number of hydrogen-bond donors (Lipinski definition) is 0. The van der Waals surface area contributed by atoms with Crippen molar-refractivity contribution < 1.29 is 0 Å². The number of aromatic nitrogens is 2. The van der Waals surface area contributed by atoms with Gasteiger partial charge in [0.05, 0.1) is 0 Å². The van der Waals surface area contributed by atoms with Gasteiger partial charge in [0.25, 0.3) is 0 Å². The van der Waals surface area contributed by atoms with E-state index in [2.05, 4.69) is 48.1 Å². The maximum absolute atomic E-state index is 4.59. The summed E-state index contributed by atoms with van der Waals surface area (Å²) < 4.78 is 0. The number of rotatable bonds is 15. The molecule has 0 aliphatic heterocycles. The Labute approximate surface area is 177 Å². The van der Waals surface area contributed by atoms with Crippen molar-refractivity contribution in [2.75, 3.05) is 5.75 Å². The molecule has 0 saturated carbocycles. The first kappa shape index (κ1) is 22.9. The van der Waals surface area contributed by atoms with E-state index >= 15 is 0 Å². The number of nitrogens with zero attached hydrogens (tertiary/aromatic N) is 2. The molecule has 0 bridgehead atoms. The minimum absolute atomic E-state index is 0.835. The lowest BCUT2D eigenvalue weighted by Gasteiger charge is -2.05. The van der Waals surface area contributed by atoms with E-state index in [0.717, 1.165) is 17.8 Å². The number of thioether (sulfide) groups is 1. The van der Waals surface area contributed by atoms with E-state index in [1.165, 1.54) is 86.8 Å². The Hall–Kier alpha value is -1.35. The Kier molecular flexibility index (Phi) is 12.0. The molecule has 0 unspecified atom stereocenters. The fourth-order valence-electron chi connectivity index (χ4n) is 3.34. The summed E-state index contributed by atoms with van der Waals surface area (Å²) in [6, 6.07) is 8.73. The molecule has 0 aliphatic rings. The van der Waals surface area contributed by atoms with Gasteiger partial charge in [0, 0.05) is 22.9 Å². The van der Waals surface area contributed by atoms with Gasteiger partial charge in [-0.15, -0.1) is 11.8 Å². The van der Waals surface area contributed by atoms with Gasteiger partial charge < -0.3 is 0 Å².